The van der Waals surface area contributed by atoms with E-state index in [1.54, 1.807) is 0 Å². The van der Waals surface area contributed by atoms with E-state index in [1.165, 1.54) is 44.0 Å². The summed E-state index contributed by atoms with van der Waals surface area (Å²) in [4.78, 5) is 16.3. The van der Waals surface area contributed by atoms with Crippen molar-refractivity contribution in [3.05, 3.63) is 35.9 Å². The smallest absolute Gasteiger partial charge is 0.137 e. The van der Waals surface area contributed by atoms with Crippen LogP contribution in [0.2, 0.25) is 0 Å². The van der Waals surface area contributed by atoms with Crippen LogP contribution in [0.15, 0.2) is 30.3 Å². The van der Waals surface area contributed by atoms with Crippen molar-refractivity contribution in [1.82, 2.24) is 9.80 Å². The highest BCUT2D eigenvalue weighted by Crippen LogP contribution is 2.16. The van der Waals surface area contributed by atoms with E-state index in [0.29, 0.717) is 6.04 Å². The molecule has 0 amide bonds. The Kier molecular flexibility index (Phi) is 9.20. The predicted octanol–water partition coefficient (Wildman–Crippen LogP) is 4.16. The first-order chi connectivity index (χ1) is 12.2. The second-order valence-electron chi connectivity index (χ2n) is 7.46. The first-order valence-electron chi connectivity index (χ1n) is 10.2. The lowest BCUT2D eigenvalue weighted by atomic mass is 10.1. The van der Waals surface area contributed by atoms with Crippen LogP contribution < -0.4 is 0 Å². The SMILES string of the molecule is CCN(CCCCN1CCCCCC1C=O)C(C)Cc1ccccc1. The molecule has 3 nitrogen and oxygen atoms in total. The zero-order valence-electron chi connectivity index (χ0n) is 16.2. The highest BCUT2D eigenvalue weighted by atomic mass is 16.1. The Hall–Kier alpha value is -1.19. The third-order valence-corrected chi connectivity index (χ3v) is 5.62. The molecule has 0 aliphatic carbocycles. The standard InChI is InChI=1S/C22H36N2O/c1-3-23(20(2)18-21-12-6-4-7-13-21)15-10-11-17-24-16-9-5-8-14-22(24)19-25/h4,6-7,12-13,19-20,22H,3,5,8-11,14-18H2,1-2H3. The van der Waals surface area contributed by atoms with Gasteiger partial charge in [-0.2, -0.15) is 0 Å². The summed E-state index contributed by atoms with van der Waals surface area (Å²) in [6.45, 7) is 9.05. The highest BCUT2D eigenvalue weighted by Gasteiger charge is 2.20. The first kappa shape index (κ1) is 20.1. The predicted molar refractivity (Wildman–Crippen MR) is 106 cm³/mol. The molecule has 25 heavy (non-hydrogen) atoms. The zero-order chi connectivity index (χ0) is 17.9. The van der Waals surface area contributed by atoms with Crippen molar-refractivity contribution in [1.29, 1.82) is 0 Å². The molecule has 2 unspecified atom stereocenters. The Morgan fingerprint density at radius 2 is 2.00 bits per heavy atom. The van der Waals surface area contributed by atoms with Gasteiger partial charge in [-0.3, -0.25) is 4.90 Å². The summed E-state index contributed by atoms with van der Waals surface area (Å²) in [6, 6.07) is 11.5. The fourth-order valence-electron chi connectivity index (χ4n) is 4.03. The van der Waals surface area contributed by atoms with Crippen molar-refractivity contribution in [2.75, 3.05) is 26.2 Å². The lowest BCUT2D eigenvalue weighted by Gasteiger charge is -2.29. The van der Waals surface area contributed by atoms with Gasteiger partial charge >= 0.3 is 0 Å². The molecule has 0 N–H and O–H groups in total. The molecule has 1 heterocycles. The number of hydrogen-bond donors (Lipinski definition) is 0. The Balaban J connectivity index is 1.71. The normalized spacial score (nSPS) is 20.4. The Bertz CT molecular complexity index is 476. The molecule has 3 heteroatoms. The van der Waals surface area contributed by atoms with Crippen LogP contribution in [0.25, 0.3) is 0 Å². The lowest BCUT2D eigenvalue weighted by Crippen LogP contribution is -2.38. The number of carbonyl (C=O) groups is 1. The number of nitrogens with zero attached hydrogens (tertiary/aromatic N) is 2. The number of benzene rings is 1. The van der Waals surface area contributed by atoms with Gasteiger partial charge in [-0.05, 0) is 70.8 Å². The molecule has 0 radical (unpaired) electrons. The molecule has 2 rings (SSSR count). The molecule has 1 aliphatic heterocycles. The van der Waals surface area contributed by atoms with E-state index in [2.05, 4.69) is 54.0 Å². The minimum Gasteiger partial charge on any atom is -0.302 e. The van der Waals surface area contributed by atoms with Crippen LogP contribution in [0.3, 0.4) is 0 Å². The Morgan fingerprint density at radius 3 is 2.72 bits per heavy atom. The van der Waals surface area contributed by atoms with E-state index in [1.807, 2.05) is 0 Å². The van der Waals surface area contributed by atoms with Crippen molar-refractivity contribution in [2.24, 2.45) is 0 Å². The van der Waals surface area contributed by atoms with Gasteiger partial charge in [-0.25, -0.2) is 0 Å². The van der Waals surface area contributed by atoms with Crippen LogP contribution in [-0.4, -0.2) is 54.3 Å². The number of hydrogen-bond acceptors (Lipinski definition) is 3. The Labute approximate surface area is 154 Å². The van der Waals surface area contributed by atoms with Crippen LogP contribution >= 0.6 is 0 Å². The molecule has 1 saturated heterocycles. The minimum atomic E-state index is 0.168. The lowest BCUT2D eigenvalue weighted by molar-refractivity contribution is -0.112. The van der Waals surface area contributed by atoms with Gasteiger partial charge in [0.1, 0.15) is 6.29 Å². The largest absolute Gasteiger partial charge is 0.302 e. The summed E-state index contributed by atoms with van der Waals surface area (Å²) in [5.41, 5.74) is 1.42. The van der Waals surface area contributed by atoms with Gasteiger partial charge < -0.3 is 9.69 Å². The van der Waals surface area contributed by atoms with Gasteiger partial charge in [0.2, 0.25) is 0 Å². The van der Waals surface area contributed by atoms with E-state index in [9.17, 15) is 4.79 Å². The van der Waals surface area contributed by atoms with Crippen molar-refractivity contribution >= 4 is 6.29 Å². The topological polar surface area (TPSA) is 23.6 Å². The summed E-state index contributed by atoms with van der Waals surface area (Å²) in [6.07, 6.45) is 9.49. The molecule has 1 aromatic rings. The molecule has 2 atom stereocenters. The van der Waals surface area contributed by atoms with E-state index >= 15 is 0 Å². The zero-order valence-corrected chi connectivity index (χ0v) is 16.2. The fraction of sp³-hybridized carbons (Fsp3) is 0.682. The molecular weight excluding hydrogens is 308 g/mol. The summed E-state index contributed by atoms with van der Waals surface area (Å²) in [7, 11) is 0. The summed E-state index contributed by atoms with van der Waals surface area (Å²) >= 11 is 0. The summed E-state index contributed by atoms with van der Waals surface area (Å²) in [5.74, 6) is 0. The monoisotopic (exact) mass is 344 g/mol. The van der Waals surface area contributed by atoms with E-state index < -0.39 is 0 Å². The Morgan fingerprint density at radius 1 is 1.20 bits per heavy atom. The highest BCUT2D eigenvalue weighted by molar-refractivity contribution is 5.57. The average molecular weight is 345 g/mol. The van der Waals surface area contributed by atoms with Gasteiger partial charge in [0.15, 0.2) is 0 Å². The number of aldehydes is 1. The number of likely N-dealkylation sites (N-methyl/N-ethyl adjacent to an activating group) is 1. The number of carbonyl (C=O) groups excluding carboxylic acids is 1. The molecule has 0 spiro atoms. The summed E-state index contributed by atoms with van der Waals surface area (Å²) < 4.78 is 0. The summed E-state index contributed by atoms with van der Waals surface area (Å²) in [5, 5.41) is 0. The van der Waals surface area contributed by atoms with Gasteiger partial charge in [0, 0.05) is 6.04 Å². The number of likely N-dealkylation sites (tertiary alicyclic amines) is 1. The maximum atomic E-state index is 11.3. The molecular formula is C22H36N2O. The first-order valence-corrected chi connectivity index (χ1v) is 10.2. The molecule has 0 bridgehead atoms. The number of rotatable bonds is 10. The molecule has 1 aromatic carbocycles. The molecule has 1 fully saturated rings. The van der Waals surface area contributed by atoms with Crippen molar-refractivity contribution in [2.45, 2.75) is 70.9 Å². The molecule has 0 aromatic heterocycles. The van der Waals surface area contributed by atoms with Gasteiger partial charge in [-0.1, -0.05) is 50.1 Å². The number of unbranched alkanes of at least 4 members (excludes halogenated alkanes) is 1. The maximum absolute atomic E-state index is 11.3. The minimum absolute atomic E-state index is 0.168. The van der Waals surface area contributed by atoms with Crippen LogP contribution in [-0.2, 0) is 11.2 Å². The molecule has 1 aliphatic rings. The van der Waals surface area contributed by atoms with Gasteiger partial charge in [-0.15, -0.1) is 0 Å². The van der Waals surface area contributed by atoms with Gasteiger partial charge in [0.25, 0.3) is 0 Å². The van der Waals surface area contributed by atoms with E-state index in [4.69, 9.17) is 0 Å². The third-order valence-electron chi connectivity index (χ3n) is 5.62. The van der Waals surface area contributed by atoms with E-state index in [-0.39, 0.29) is 6.04 Å². The van der Waals surface area contributed by atoms with Crippen LogP contribution in [0.1, 0.15) is 57.9 Å². The average Bonchev–Trinajstić information content (AvgIpc) is 2.87. The van der Waals surface area contributed by atoms with Crippen LogP contribution in [0.4, 0.5) is 0 Å². The quantitative estimate of drug-likeness (QED) is 0.470. The van der Waals surface area contributed by atoms with Crippen LogP contribution in [0, 0.1) is 0 Å². The van der Waals surface area contributed by atoms with Crippen molar-refractivity contribution < 1.29 is 4.79 Å². The third kappa shape index (κ3) is 6.91. The molecule has 0 saturated carbocycles. The van der Waals surface area contributed by atoms with Crippen molar-refractivity contribution in [3.63, 3.8) is 0 Å². The second-order valence-corrected chi connectivity index (χ2v) is 7.46. The second kappa shape index (κ2) is 11.4. The maximum Gasteiger partial charge on any atom is 0.137 e. The molecule has 140 valence electrons. The van der Waals surface area contributed by atoms with E-state index in [0.717, 1.165) is 39.0 Å². The van der Waals surface area contributed by atoms with Gasteiger partial charge in [0.05, 0.1) is 6.04 Å². The van der Waals surface area contributed by atoms with Crippen LogP contribution in [0.5, 0.6) is 0 Å². The fourth-order valence-corrected chi connectivity index (χ4v) is 4.03. The van der Waals surface area contributed by atoms with Crippen molar-refractivity contribution in [3.8, 4) is 0 Å².